The molecule has 2 N–H and O–H groups in total. The van der Waals surface area contributed by atoms with Crippen molar-refractivity contribution < 1.29 is 13.2 Å². The molecule has 156 valence electrons. The van der Waals surface area contributed by atoms with Gasteiger partial charge in [-0.25, -0.2) is 8.42 Å². The molecule has 2 fully saturated rings. The fourth-order valence-corrected chi connectivity index (χ4v) is 5.77. The molecule has 3 rings (SSSR count). The number of hydrogen-bond donors (Lipinski definition) is 2. The first-order chi connectivity index (χ1) is 13.3. The number of rotatable bonds is 6. The van der Waals surface area contributed by atoms with E-state index in [1.165, 1.54) is 17.1 Å². The van der Waals surface area contributed by atoms with Crippen LogP contribution in [0.1, 0.15) is 52.9 Å². The van der Waals surface area contributed by atoms with E-state index in [0.29, 0.717) is 36.7 Å². The van der Waals surface area contributed by atoms with Crippen LogP contribution in [0.25, 0.3) is 0 Å². The molecular formula is C21H33N3O3S. The first kappa shape index (κ1) is 21.3. The Balaban J connectivity index is 1.58. The summed E-state index contributed by atoms with van der Waals surface area (Å²) in [5.74, 6) is 1.13. The van der Waals surface area contributed by atoms with Gasteiger partial charge in [-0.15, -0.1) is 0 Å². The Morgan fingerprint density at radius 1 is 1.07 bits per heavy atom. The lowest BCUT2D eigenvalue weighted by Gasteiger charge is -2.36. The van der Waals surface area contributed by atoms with Gasteiger partial charge in [0.15, 0.2) is 0 Å². The molecule has 0 unspecified atom stereocenters. The van der Waals surface area contributed by atoms with E-state index < -0.39 is 10.0 Å². The maximum atomic E-state index is 12.6. The normalized spacial score (nSPS) is 27.5. The third-order valence-corrected chi connectivity index (χ3v) is 8.30. The Labute approximate surface area is 169 Å². The summed E-state index contributed by atoms with van der Waals surface area (Å²) in [5, 5.41) is 6.37. The molecule has 1 aromatic carbocycles. The minimum Gasteiger partial charge on any atom is -0.325 e. The number of sulfonamides is 1. The Morgan fingerprint density at radius 2 is 1.71 bits per heavy atom. The summed E-state index contributed by atoms with van der Waals surface area (Å²) in [5.41, 5.74) is 0.615. The molecule has 1 amide bonds. The molecule has 0 radical (unpaired) electrons. The molecule has 2 aliphatic rings. The SMILES string of the molecule is C[C@@H]1[C@H](C)CCC[C@@H]1N[C@@H](C)C(=O)Nc1ccc(S(=O)(=O)N2CCCC2)cc1. The summed E-state index contributed by atoms with van der Waals surface area (Å²) in [6, 6.07) is 6.54. The molecule has 1 saturated heterocycles. The van der Waals surface area contributed by atoms with Gasteiger partial charge in [-0.1, -0.05) is 26.7 Å². The summed E-state index contributed by atoms with van der Waals surface area (Å²) in [6.07, 6.45) is 5.39. The lowest BCUT2D eigenvalue weighted by Crippen LogP contribution is -2.49. The van der Waals surface area contributed by atoms with Gasteiger partial charge >= 0.3 is 0 Å². The van der Waals surface area contributed by atoms with Gasteiger partial charge < -0.3 is 10.6 Å². The standard InChI is InChI=1S/C21H33N3O3S/c1-15-7-6-8-20(16(15)2)22-17(3)21(25)23-18-9-11-19(12-10-18)28(26,27)24-13-4-5-14-24/h9-12,15-17,20,22H,4-8,13-14H2,1-3H3,(H,23,25)/t15-,16-,17+,20+/m1/s1. The fourth-order valence-electron chi connectivity index (χ4n) is 4.25. The molecule has 0 aromatic heterocycles. The van der Waals surface area contributed by atoms with Crippen molar-refractivity contribution in [3.63, 3.8) is 0 Å². The van der Waals surface area contributed by atoms with Gasteiger partial charge in [0, 0.05) is 24.8 Å². The quantitative estimate of drug-likeness (QED) is 0.759. The van der Waals surface area contributed by atoms with Crippen molar-refractivity contribution in [1.29, 1.82) is 0 Å². The molecular weight excluding hydrogens is 374 g/mol. The minimum atomic E-state index is -3.42. The van der Waals surface area contributed by atoms with Crippen molar-refractivity contribution in [1.82, 2.24) is 9.62 Å². The van der Waals surface area contributed by atoms with Crippen molar-refractivity contribution in [3.05, 3.63) is 24.3 Å². The predicted molar refractivity (Wildman–Crippen MR) is 112 cm³/mol. The average Bonchev–Trinajstić information content (AvgIpc) is 3.21. The van der Waals surface area contributed by atoms with E-state index in [9.17, 15) is 13.2 Å². The Morgan fingerprint density at radius 3 is 2.36 bits per heavy atom. The van der Waals surface area contributed by atoms with Crippen molar-refractivity contribution in [2.45, 2.75) is 69.9 Å². The van der Waals surface area contributed by atoms with Crippen molar-refractivity contribution in [3.8, 4) is 0 Å². The Bertz CT molecular complexity index is 773. The van der Waals surface area contributed by atoms with Crippen LogP contribution in [0.3, 0.4) is 0 Å². The lowest BCUT2D eigenvalue weighted by atomic mass is 9.78. The highest BCUT2D eigenvalue weighted by molar-refractivity contribution is 7.89. The zero-order valence-corrected chi connectivity index (χ0v) is 18.0. The van der Waals surface area contributed by atoms with Gasteiger partial charge in [0.2, 0.25) is 15.9 Å². The first-order valence-corrected chi connectivity index (χ1v) is 11.9. The number of nitrogens with one attached hydrogen (secondary N) is 2. The topological polar surface area (TPSA) is 78.5 Å². The second kappa shape index (κ2) is 8.93. The molecule has 1 saturated carbocycles. The van der Waals surface area contributed by atoms with E-state index in [4.69, 9.17) is 0 Å². The molecule has 4 atom stereocenters. The van der Waals surface area contributed by atoms with E-state index in [0.717, 1.165) is 19.3 Å². The predicted octanol–water partition coefficient (Wildman–Crippen LogP) is 3.21. The summed E-state index contributed by atoms with van der Waals surface area (Å²) < 4.78 is 26.7. The van der Waals surface area contributed by atoms with Gasteiger partial charge in [0.05, 0.1) is 10.9 Å². The van der Waals surface area contributed by atoms with E-state index >= 15 is 0 Å². The maximum Gasteiger partial charge on any atom is 0.243 e. The van der Waals surface area contributed by atoms with Crippen LogP contribution in [0.4, 0.5) is 5.69 Å². The molecule has 1 aliphatic carbocycles. The molecule has 7 heteroatoms. The van der Waals surface area contributed by atoms with E-state index in [2.05, 4.69) is 24.5 Å². The third-order valence-electron chi connectivity index (χ3n) is 6.39. The number of anilines is 1. The zero-order valence-electron chi connectivity index (χ0n) is 17.1. The van der Waals surface area contributed by atoms with Crippen LogP contribution in [0.2, 0.25) is 0 Å². The number of hydrogen-bond acceptors (Lipinski definition) is 4. The van der Waals surface area contributed by atoms with E-state index in [1.807, 2.05) is 6.92 Å². The molecule has 1 aliphatic heterocycles. The van der Waals surface area contributed by atoms with E-state index in [1.54, 1.807) is 24.3 Å². The summed E-state index contributed by atoms with van der Waals surface area (Å²) in [6.45, 7) is 7.59. The third kappa shape index (κ3) is 4.75. The number of nitrogens with zero attached hydrogens (tertiary/aromatic N) is 1. The molecule has 0 bridgehead atoms. The second-order valence-electron chi connectivity index (χ2n) is 8.39. The second-order valence-corrected chi connectivity index (χ2v) is 10.3. The van der Waals surface area contributed by atoms with Crippen LogP contribution in [0.5, 0.6) is 0 Å². The van der Waals surface area contributed by atoms with Crippen LogP contribution >= 0.6 is 0 Å². The summed E-state index contributed by atoms with van der Waals surface area (Å²) in [4.78, 5) is 12.8. The van der Waals surface area contributed by atoms with Crippen LogP contribution < -0.4 is 10.6 Å². The molecule has 1 heterocycles. The van der Waals surface area contributed by atoms with E-state index in [-0.39, 0.29) is 16.8 Å². The van der Waals surface area contributed by atoms with Crippen LogP contribution in [0.15, 0.2) is 29.2 Å². The van der Waals surface area contributed by atoms with Crippen LogP contribution in [-0.2, 0) is 14.8 Å². The minimum absolute atomic E-state index is 0.0967. The highest BCUT2D eigenvalue weighted by Crippen LogP contribution is 2.29. The molecule has 6 nitrogen and oxygen atoms in total. The average molecular weight is 408 g/mol. The highest BCUT2D eigenvalue weighted by atomic mass is 32.2. The first-order valence-electron chi connectivity index (χ1n) is 10.5. The zero-order chi connectivity index (χ0) is 20.3. The van der Waals surface area contributed by atoms with Crippen molar-refractivity contribution in [2.75, 3.05) is 18.4 Å². The fraction of sp³-hybridized carbons (Fsp3) is 0.667. The number of carbonyl (C=O) groups is 1. The number of carbonyl (C=O) groups excluding carboxylic acids is 1. The van der Waals surface area contributed by atoms with Gasteiger partial charge in [-0.05, 0) is 62.3 Å². The summed E-state index contributed by atoms with van der Waals surface area (Å²) >= 11 is 0. The van der Waals surface area contributed by atoms with Crippen molar-refractivity contribution >= 4 is 21.6 Å². The van der Waals surface area contributed by atoms with Gasteiger partial charge in [0.25, 0.3) is 0 Å². The monoisotopic (exact) mass is 407 g/mol. The molecule has 0 spiro atoms. The van der Waals surface area contributed by atoms with Gasteiger partial charge in [-0.2, -0.15) is 4.31 Å². The largest absolute Gasteiger partial charge is 0.325 e. The number of benzene rings is 1. The Kier molecular flexibility index (Phi) is 6.78. The molecule has 1 aromatic rings. The van der Waals surface area contributed by atoms with Crippen molar-refractivity contribution in [2.24, 2.45) is 11.8 Å². The van der Waals surface area contributed by atoms with Crippen LogP contribution in [-0.4, -0.2) is 43.8 Å². The van der Waals surface area contributed by atoms with Crippen LogP contribution in [0, 0.1) is 11.8 Å². The molecule has 28 heavy (non-hydrogen) atoms. The number of amides is 1. The van der Waals surface area contributed by atoms with Gasteiger partial charge in [0.1, 0.15) is 0 Å². The lowest BCUT2D eigenvalue weighted by molar-refractivity contribution is -0.118. The summed E-state index contributed by atoms with van der Waals surface area (Å²) in [7, 11) is -3.42. The highest BCUT2D eigenvalue weighted by Gasteiger charge is 2.29. The Hall–Kier alpha value is -1.44. The smallest absolute Gasteiger partial charge is 0.243 e. The maximum absolute atomic E-state index is 12.6. The van der Waals surface area contributed by atoms with Gasteiger partial charge in [-0.3, -0.25) is 4.79 Å².